The number of methoxy groups -OCH3 is 1. The number of ether oxygens (including phenoxy) is 1. The Hall–Kier alpha value is -0.160. The van der Waals surface area contributed by atoms with Crippen LogP contribution >= 0.6 is 0 Å². The van der Waals surface area contributed by atoms with Crippen LogP contribution in [0.4, 0.5) is 0 Å². The first-order chi connectivity index (χ1) is 8.34. The van der Waals surface area contributed by atoms with Crippen molar-refractivity contribution < 1.29 is 4.74 Å². The second-order valence-corrected chi connectivity index (χ2v) is 6.39. The van der Waals surface area contributed by atoms with Crippen molar-refractivity contribution in [2.45, 2.75) is 50.8 Å². The van der Waals surface area contributed by atoms with Crippen LogP contribution in [0.5, 0.6) is 0 Å². The van der Waals surface area contributed by atoms with E-state index in [-0.39, 0.29) is 11.6 Å². The summed E-state index contributed by atoms with van der Waals surface area (Å²) in [7, 11) is 6.18. The van der Waals surface area contributed by atoms with Gasteiger partial charge in [0.2, 0.25) is 0 Å². The topological polar surface area (TPSA) is 41.7 Å². The molecule has 2 unspecified atom stereocenters. The Balaban J connectivity index is 2.32. The van der Waals surface area contributed by atoms with Gasteiger partial charge in [-0.1, -0.05) is 0 Å². The Morgan fingerprint density at radius 2 is 2.00 bits per heavy atom. The molecule has 1 rings (SSSR count). The van der Waals surface area contributed by atoms with E-state index >= 15 is 0 Å². The molecule has 0 aromatic carbocycles. The Morgan fingerprint density at radius 3 is 2.61 bits per heavy atom. The first kappa shape index (κ1) is 15.9. The maximum atomic E-state index is 6.27. The van der Waals surface area contributed by atoms with Gasteiger partial charge in [0.1, 0.15) is 0 Å². The van der Waals surface area contributed by atoms with Crippen molar-refractivity contribution in [2.24, 2.45) is 5.73 Å². The van der Waals surface area contributed by atoms with E-state index in [1.807, 2.05) is 0 Å². The van der Waals surface area contributed by atoms with Crippen LogP contribution in [0.2, 0.25) is 0 Å². The third-order valence-corrected chi connectivity index (χ3v) is 4.22. The highest BCUT2D eigenvalue weighted by atomic mass is 16.5. The molecule has 0 radical (unpaired) electrons. The minimum Gasteiger partial charge on any atom is -0.379 e. The average molecular weight is 257 g/mol. The van der Waals surface area contributed by atoms with E-state index < -0.39 is 0 Å². The lowest BCUT2D eigenvalue weighted by Gasteiger charge is -2.39. The van der Waals surface area contributed by atoms with E-state index in [0.717, 1.165) is 32.4 Å². The molecule has 18 heavy (non-hydrogen) atoms. The summed E-state index contributed by atoms with van der Waals surface area (Å²) in [4.78, 5) is 4.85. The predicted molar refractivity (Wildman–Crippen MR) is 76.8 cm³/mol. The molecule has 0 saturated carbocycles. The SMILES string of the molecule is COC(C)(C)CCC(N)CC1CN(C)CCN1C. The zero-order chi connectivity index (χ0) is 13.8. The van der Waals surface area contributed by atoms with Crippen molar-refractivity contribution in [1.29, 1.82) is 0 Å². The van der Waals surface area contributed by atoms with Gasteiger partial charge in [0, 0.05) is 38.8 Å². The molecule has 1 aliphatic rings. The molecular weight excluding hydrogens is 226 g/mol. The molecular formula is C14H31N3O. The van der Waals surface area contributed by atoms with Crippen molar-refractivity contribution in [3.05, 3.63) is 0 Å². The van der Waals surface area contributed by atoms with Crippen LogP contribution in [0.1, 0.15) is 33.1 Å². The van der Waals surface area contributed by atoms with Crippen LogP contribution in [0.25, 0.3) is 0 Å². The van der Waals surface area contributed by atoms with Gasteiger partial charge in [-0.2, -0.15) is 0 Å². The van der Waals surface area contributed by atoms with Crippen molar-refractivity contribution in [3.8, 4) is 0 Å². The van der Waals surface area contributed by atoms with E-state index in [0.29, 0.717) is 6.04 Å². The standard InChI is InChI=1S/C14H31N3O/c1-14(2,18-5)7-6-12(15)10-13-11-16(3)8-9-17(13)4/h12-13H,6-11,15H2,1-5H3. The number of likely N-dealkylation sites (N-methyl/N-ethyl adjacent to an activating group) is 2. The molecule has 1 heterocycles. The molecule has 1 aliphatic heterocycles. The molecule has 1 fully saturated rings. The van der Waals surface area contributed by atoms with E-state index in [1.54, 1.807) is 7.11 Å². The minimum atomic E-state index is -0.0487. The summed E-state index contributed by atoms with van der Waals surface area (Å²) >= 11 is 0. The maximum absolute atomic E-state index is 6.27. The highest BCUT2D eigenvalue weighted by Crippen LogP contribution is 2.19. The zero-order valence-corrected chi connectivity index (χ0v) is 12.8. The Labute approximate surface area is 112 Å². The lowest BCUT2D eigenvalue weighted by molar-refractivity contribution is 0.0112. The fraction of sp³-hybridized carbons (Fsp3) is 1.00. The van der Waals surface area contributed by atoms with Gasteiger partial charge in [0.05, 0.1) is 5.60 Å². The Kier molecular flexibility index (Phi) is 6.05. The van der Waals surface area contributed by atoms with E-state index in [4.69, 9.17) is 10.5 Å². The predicted octanol–water partition coefficient (Wildman–Crippen LogP) is 1.15. The Bertz CT molecular complexity index is 245. The van der Waals surface area contributed by atoms with Gasteiger partial charge in [-0.25, -0.2) is 0 Å². The summed E-state index contributed by atoms with van der Waals surface area (Å²) in [6, 6.07) is 0.878. The van der Waals surface area contributed by atoms with E-state index in [2.05, 4.69) is 37.7 Å². The number of hydrogen-bond donors (Lipinski definition) is 1. The second kappa shape index (κ2) is 6.85. The van der Waals surface area contributed by atoms with Gasteiger partial charge in [-0.05, 0) is 47.2 Å². The summed E-state index contributed by atoms with van der Waals surface area (Å²) in [5.74, 6) is 0. The molecule has 0 aliphatic carbocycles. The number of rotatable bonds is 6. The number of nitrogens with two attached hydrogens (primary N) is 1. The lowest BCUT2D eigenvalue weighted by atomic mass is 9.95. The number of piperazine rings is 1. The summed E-state index contributed by atoms with van der Waals surface area (Å²) in [6.07, 6.45) is 3.15. The molecule has 4 nitrogen and oxygen atoms in total. The number of nitrogens with zero attached hydrogens (tertiary/aromatic N) is 2. The third-order valence-electron chi connectivity index (χ3n) is 4.22. The van der Waals surface area contributed by atoms with Gasteiger partial charge in [-0.3, -0.25) is 0 Å². The third kappa shape index (κ3) is 5.22. The summed E-state index contributed by atoms with van der Waals surface area (Å²) in [5.41, 5.74) is 6.22. The molecule has 0 aromatic heterocycles. The average Bonchev–Trinajstić information content (AvgIpc) is 2.31. The molecule has 2 N–H and O–H groups in total. The van der Waals surface area contributed by atoms with E-state index in [9.17, 15) is 0 Å². The smallest absolute Gasteiger partial charge is 0.0623 e. The second-order valence-electron chi connectivity index (χ2n) is 6.39. The van der Waals surface area contributed by atoms with Gasteiger partial charge in [0.15, 0.2) is 0 Å². The lowest BCUT2D eigenvalue weighted by Crippen LogP contribution is -2.51. The molecule has 4 heteroatoms. The van der Waals surface area contributed by atoms with Crippen LogP contribution < -0.4 is 5.73 Å². The van der Waals surface area contributed by atoms with Gasteiger partial charge < -0.3 is 20.3 Å². The van der Waals surface area contributed by atoms with Crippen LogP contribution in [0, 0.1) is 0 Å². The van der Waals surface area contributed by atoms with Crippen molar-refractivity contribution in [2.75, 3.05) is 40.8 Å². The molecule has 2 atom stereocenters. The van der Waals surface area contributed by atoms with Gasteiger partial charge >= 0.3 is 0 Å². The highest BCUT2D eigenvalue weighted by Gasteiger charge is 2.25. The first-order valence-corrected chi connectivity index (χ1v) is 7.03. The van der Waals surface area contributed by atoms with Crippen molar-refractivity contribution >= 4 is 0 Å². The number of hydrogen-bond acceptors (Lipinski definition) is 4. The largest absolute Gasteiger partial charge is 0.379 e. The van der Waals surface area contributed by atoms with Crippen molar-refractivity contribution in [3.63, 3.8) is 0 Å². The fourth-order valence-corrected chi connectivity index (χ4v) is 2.46. The molecule has 0 spiro atoms. The fourth-order valence-electron chi connectivity index (χ4n) is 2.46. The van der Waals surface area contributed by atoms with Crippen LogP contribution in [-0.4, -0.2) is 68.3 Å². The molecule has 0 amide bonds. The minimum absolute atomic E-state index is 0.0487. The van der Waals surface area contributed by atoms with Crippen molar-refractivity contribution in [1.82, 2.24) is 9.80 Å². The molecule has 0 bridgehead atoms. The monoisotopic (exact) mass is 257 g/mol. The maximum Gasteiger partial charge on any atom is 0.0623 e. The van der Waals surface area contributed by atoms with E-state index in [1.165, 1.54) is 6.54 Å². The quantitative estimate of drug-likeness (QED) is 0.775. The first-order valence-electron chi connectivity index (χ1n) is 7.03. The zero-order valence-electron chi connectivity index (χ0n) is 12.8. The molecule has 108 valence electrons. The van der Waals surface area contributed by atoms with Crippen LogP contribution in [-0.2, 0) is 4.74 Å². The Morgan fingerprint density at radius 1 is 1.33 bits per heavy atom. The summed E-state index contributed by atoms with van der Waals surface area (Å²) < 4.78 is 5.44. The van der Waals surface area contributed by atoms with Gasteiger partial charge in [0.25, 0.3) is 0 Å². The van der Waals surface area contributed by atoms with Crippen LogP contribution in [0.3, 0.4) is 0 Å². The highest BCUT2D eigenvalue weighted by molar-refractivity contribution is 4.83. The molecule has 0 aromatic rings. The van der Waals surface area contributed by atoms with Crippen LogP contribution in [0.15, 0.2) is 0 Å². The normalized spacial score (nSPS) is 25.3. The summed E-state index contributed by atoms with van der Waals surface area (Å²) in [5, 5.41) is 0. The molecule has 1 saturated heterocycles. The van der Waals surface area contributed by atoms with Gasteiger partial charge in [-0.15, -0.1) is 0 Å². The summed E-state index contributed by atoms with van der Waals surface area (Å²) in [6.45, 7) is 7.70.